The third-order valence-electron chi connectivity index (χ3n) is 8.58. The summed E-state index contributed by atoms with van der Waals surface area (Å²) in [7, 11) is -1.81. The zero-order valence-corrected chi connectivity index (χ0v) is 33.3. The van der Waals surface area contributed by atoms with Crippen LogP contribution in [0.4, 0.5) is 0 Å². The molecule has 0 fully saturated rings. The number of carbonyl (C=O) groups is 3. The monoisotopic (exact) mass is 737 g/mol. The maximum absolute atomic E-state index is 14.0. The largest absolute Gasteiger partial charge is 0.494 e. The second kappa shape index (κ2) is 24.3. The zero-order valence-electron chi connectivity index (χ0n) is 32.5. The zero-order chi connectivity index (χ0) is 38.3. The Labute approximate surface area is 308 Å². The van der Waals surface area contributed by atoms with E-state index < -0.39 is 50.8 Å². The minimum atomic E-state index is -3.04. The number of hydrogen-bond acceptors (Lipinski definition) is 9. The molecule has 0 saturated heterocycles. The average Bonchev–Trinajstić information content (AvgIpc) is 3.06. The molecule has 0 heterocycles. The number of amides is 1. The van der Waals surface area contributed by atoms with Gasteiger partial charge in [-0.25, -0.2) is 18.0 Å². The Hall–Kier alpha value is -2.92. The van der Waals surface area contributed by atoms with Crippen molar-refractivity contribution in [2.24, 2.45) is 5.92 Å². The van der Waals surface area contributed by atoms with E-state index >= 15 is 0 Å². The second-order valence-corrected chi connectivity index (χ2v) is 16.8. The number of rotatable bonds is 27. The van der Waals surface area contributed by atoms with Gasteiger partial charge in [0.1, 0.15) is 27.2 Å². The van der Waals surface area contributed by atoms with E-state index in [1.165, 1.54) is 13.2 Å². The van der Waals surface area contributed by atoms with Gasteiger partial charge in [-0.3, -0.25) is 4.79 Å². The van der Waals surface area contributed by atoms with E-state index in [9.17, 15) is 27.9 Å². The first kappa shape index (κ1) is 46.1. The van der Waals surface area contributed by atoms with Crippen LogP contribution in [0.3, 0.4) is 0 Å². The summed E-state index contributed by atoms with van der Waals surface area (Å²) in [5.41, 5.74) is -2.34. The van der Waals surface area contributed by atoms with Crippen molar-refractivity contribution in [3.05, 3.63) is 42.0 Å². The number of benzene rings is 1. The molecule has 0 spiro atoms. The molecule has 0 bridgehead atoms. The second-order valence-electron chi connectivity index (χ2n) is 14.5. The van der Waals surface area contributed by atoms with Gasteiger partial charge in [0.2, 0.25) is 5.91 Å². The van der Waals surface area contributed by atoms with Crippen LogP contribution < -0.4 is 10.1 Å². The Morgan fingerprint density at radius 1 is 0.843 bits per heavy atom. The molecular weight excluding hydrogens is 671 g/mol. The molecule has 2 N–H and O–H groups in total. The molecule has 0 radical (unpaired) electrons. The molecule has 0 unspecified atom stereocenters. The maximum atomic E-state index is 14.0. The Balaban J connectivity index is 3.05. The molecule has 292 valence electrons. The van der Waals surface area contributed by atoms with Gasteiger partial charge >= 0.3 is 11.9 Å². The Bertz CT molecular complexity index is 1290. The number of allylic oxidation sites excluding steroid dienone is 1. The number of unbranched alkanes of at least 4 members (excludes halogenated alkanes) is 9. The highest BCUT2D eigenvalue weighted by molar-refractivity contribution is 7.91. The summed E-state index contributed by atoms with van der Waals surface area (Å²) in [5.74, 6) is -2.49. The van der Waals surface area contributed by atoms with Crippen molar-refractivity contribution < 1.29 is 42.1 Å². The number of aliphatic hydroxyl groups is 1. The van der Waals surface area contributed by atoms with Crippen LogP contribution in [-0.2, 0) is 40.1 Å². The van der Waals surface area contributed by atoms with Gasteiger partial charge in [0, 0.05) is 6.42 Å². The summed E-state index contributed by atoms with van der Waals surface area (Å²) < 4.78 is 41.1. The highest BCUT2D eigenvalue weighted by Crippen LogP contribution is 2.30. The number of sulfone groups is 1. The lowest BCUT2D eigenvalue weighted by Gasteiger charge is -2.34. The molecule has 1 aromatic carbocycles. The lowest BCUT2D eigenvalue weighted by molar-refractivity contribution is -0.184. The molecule has 1 aromatic rings. The van der Waals surface area contributed by atoms with Gasteiger partial charge in [-0.2, -0.15) is 0 Å². The van der Waals surface area contributed by atoms with E-state index in [4.69, 9.17) is 14.2 Å². The SMILES string of the molecule is CCCCCCCS(=O)(=O)CCCCCC/C=C/[C@H](C(=O)N[C@@H](Cc1ccc(OCCCC)cc1)C(=O)OC)[C@@](O)(CCC)C(=O)OC(C)(C)C. The van der Waals surface area contributed by atoms with Crippen LogP contribution in [0.2, 0.25) is 0 Å². The van der Waals surface area contributed by atoms with Gasteiger partial charge in [-0.05, 0) is 77.0 Å². The normalized spacial score (nSPS) is 14.4. The predicted molar refractivity (Wildman–Crippen MR) is 203 cm³/mol. The molecule has 10 nitrogen and oxygen atoms in total. The standard InChI is InChI=1S/C40H67NO9S/c1-8-11-13-17-20-29-51(46,47)30-21-18-15-14-16-19-22-34(40(45,27-10-3)38(44)50-39(4,5)6)36(42)41-35(37(43)48-7)31-32-23-25-33(26-24-32)49-28-12-9-2/h19,22-26,34-35,45H,8-18,20-21,27-31H2,1-7H3,(H,41,42)/b22-19+/t34-,35+,40+/m1/s1. The van der Waals surface area contributed by atoms with Gasteiger partial charge < -0.3 is 24.6 Å². The fourth-order valence-corrected chi connectivity index (χ4v) is 7.17. The van der Waals surface area contributed by atoms with Crippen molar-refractivity contribution in [1.29, 1.82) is 0 Å². The molecule has 0 saturated carbocycles. The summed E-state index contributed by atoms with van der Waals surface area (Å²) >= 11 is 0. The topological polar surface area (TPSA) is 145 Å². The number of nitrogens with one attached hydrogen (secondary N) is 1. The first-order chi connectivity index (χ1) is 24.1. The molecule has 0 aliphatic rings. The van der Waals surface area contributed by atoms with Crippen molar-refractivity contribution >= 4 is 27.7 Å². The Kier molecular flexibility index (Phi) is 22.0. The number of esters is 2. The van der Waals surface area contributed by atoms with E-state index in [1.54, 1.807) is 33.8 Å². The number of carbonyl (C=O) groups excluding carboxylic acids is 3. The van der Waals surface area contributed by atoms with Crippen LogP contribution in [0.25, 0.3) is 0 Å². The van der Waals surface area contributed by atoms with Gasteiger partial charge in [-0.1, -0.05) is 96.4 Å². The van der Waals surface area contributed by atoms with Crippen LogP contribution in [0.15, 0.2) is 36.4 Å². The average molecular weight is 738 g/mol. The number of ether oxygens (including phenoxy) is 3. The van der Waals surface area contributed by atoms with E-state index in [1.807, 2.05) is 24.3 Å². The van der Waals surface area contributed by atoms with Gasteiger partial charge in [0.05, 0.1) is 31.1 Å². The summed E-state index contributed by atoms with van der Waals surface area (Å²) in [4.78, 5) is 40.3. The summed E-state index contributed by atoms with van der Waals surface area (Å²) in [6.45, 7) is 11.7. The fourth-order valence-electron chi connectivity index (χ4n) is 5.68. The smallest absolute Gasteiger partial charge is 0.339 e. The molecular formula is C40H67NO9S. The fraction of sp³-hybridized carbons (Fsp3) is 0.725. The van der Waals surface area contributed by atoms with Crippen molar-refractivity contribution in [3.8, 4) is 5.75 Å². The van der Waals surface area contributed by atoms with Crippen LogP contribution in [0.1, 0.15) is 137 Å². The summed E-state index contributed by atoms with van der Waals surface area (Å²) in [6, 6.07) is 6.17. The van der Waals surface area contributed by atoms with Crippen LogP contribution in [0, 0.1) is 5.92 Å². The number of hydrogen-bond donors (Lipinski definition) is 2. The van der Waals surface area contributed by atoms with Gasteiger partial charge in [-0.15, -0.1) is 0 Å². The summed E-state index contributed by atoms with van der Waals surface area (Å²) in [6.07, 6.45) is 14.2. The van der Waals surface area contributed by atoms with Crippen molar-refractivity contribution in [3.63, 3.8) is 0 Å². The van der Waals surface area contributed by atoms with Gasteiger partial charge in [0.15, 0.2) is 5.60 Å². The van der Waals surface area contributed by atoms with E-state index in [0.717, 1.165) is 69.8 Å². The highest BCUT2D eigenvalue weighted by atomic mass is 32.2. The quantitative estimate of drug-likeness (QED) is 0.0534. The molecule has 0 aliphatic heterocycles. The molecule has 11 heteroatoms. The Morgan fingerprint density at radius 3 is 1.98 bits per heavy atom. The third kappa shape index (κ3) is 18.9. The molecule has 1 rings (SSSR count). The highest BCUT2D eigenvalue weighted by Gasteiger charge is 2.49. The van der Waals surface area contributed by atoms with Crippen molar-refractivity contribution in [2.75, 3.05) is 25.2 Å². The van der Waals surface area contributed by atoms with Crippen LogP contribution in [-0.4, -0.2) is 73.8 Å². The lowest BCUT2D eigenvalue weighted by atomic mass is 9.81. The predicted octanol–water partition coefficient (Wildman–Crippen LogP) is 7.45. The molecule has 0 aromatic heterocycles. The summed E-state index contributed by atoms with van der Waals surface area (Å²) in [5, 5.41) is 14.6. The minimum absolute atomic E-state index is 0.0419. The van der Waals surface area contributed by atoms with Crippen molar-refractivity contribution in [2.45, 2.75) is 155 Å². The maximum Gasteiger partial charge on any atom is 0.339 e. The first-order valence-corrected chi connectivity index (χ1v) is 20.9. The molecule has 51 heavy (non-hydrogen) atoms. The van der Waals surface area contributed by atoms with Crippen LogP contribution >= 0.6 is 0 Å². The van der Waals surface area contributed by atoms with Crippen molar-refractivity contribution in [1.82, 2.24) is 5.32 Å². The molecule has 3 atom stereocenters. The van der Waals surface area contributed by atoms with E-state index in [2.05, 4.69) is 19.2 Å². The Morgan fingerprint density at radius 2 is 1.43 bits per heavy atom. The number of methoxy groups -OCH3 is 1. The molecule has 0 aliphatic carbocycles. The minimum Gasteiger partial charge on any atom is -0.494 e. The van der Waals surface area contributed by atoms with Crippen LogP contribution in [0.5, 0.6) is 5.75 Å². The third-order valence-corrected chi connectivity index (χ3v) is 10.4. The molecule has 1 amide bonds. The van der Waals surface area contributed by atoms with E-state index in [0.29, 0.717) is 31.6 Å². The van der Waals surface area contributed by atoms with E-state index in [-0.39, 0.29) is 24.3 Å². The first-order valence-electron chi connectivity index (χ1n) is 19.0. The lowest BCUT2D eigenvalue weighted by Crippen LogP contribution is -2.56. The van der Waals surface area contributed by atoms with Gasteiger partial charge in [0.25, 0.3) is 0 Å².